The van der Waals surface area contributed by atoms with Crippen molar-refractivity contribution >= 4 is 35.1 Å². The molecule has 2 amide bonds. The molecule has 2 atom stereocenters. The van der Waals surface area contributed by atoms with E-state index < -0.39 is 12.0 Å². The molecule has 2 aromatic rings. The number of piperazine rings is 1. The first-order valence-electron chi connectivity index (χ1n) is 10.6. The van der Waals surface area contributed by atoms with Crippen LogP contribution >= 0.6 is 12.2 Å². The van der Waals surface area contributed by atoms with Gasteiger partial charge in [-0.05, 0) is 48.8 Å². The van der Waals surface area contributed by atoms with E-state index in [1.54, 1.807) is 24.0 Å². The van der Waals surface area contributed by atoms with Gasteiger partial charge >= 0.3 is 5.97 Å². The van der Waals surface area contributed by atoms with Gasteiger partial charge in [-0.15, -0.1) is 0 Å². The van der Waals surface area contributed by atoms with Gasteiger partial charge in [0.2, 0.25) is 5.91 Å². The van der Waals surface area contributed by atoms with Crippen molar-refractivity contribution in [1.29, 1.82) is 0 Å². The molecule has 2 aromatic carbocycles. The summed E-state index contributed by atoms with van der Waals surface area (Å²) in [6.45, 7) is 4.47. The van der Waals surface area contributed by atoms with Gasteiger partial charge in [0.25, 0.3) is 5.91 Å². The molecule has 3 rings (SSSR count). The van der Waals surface area contributed by atoms with E-state index in [4.69, 9.17) is 17.0 Å². The molecule has 1 heterocycles. The van der Waals surface area contributed by atoms with Gasteiger partial charge in [-0.1, -0.05) is 49.4 Å². The van der Waals surface area contributed by atoms with Crippen LogP contribution in [0.5, 0.6) is 0 Å². The fraction of sp³-hybridized carbons (Fsp3) is 0.333. The molecule has 1 aliphatic rings. The van der Waals surface area contributed by atoms with E-state index in [1.807, 2.05) is 49.4 Å². The quantitative estimate of drug-likeness (QED) is 0.517. The average molecular weight is 454 g/mol. The number of hydrogen-bond acceptors (Lipinski definition) is 5. The minimum Gasteiger partial charge on any atom is -0.463 e. The van der Waals surface area contributed by atoms with Gasteiger partial charge in [0.1, 0.15) is 6.04 Å². The molecular weight excluding hydrogens is 426 g/mol. The number of thiocarbonyl (C=S) groups is 1. The van der Waals surface area contributed by atoms with Crippen LogP contribution < -0.4 is 10.6 Å². The van der Waals surface area contributed by atoms with Crippen molar-refractivity contribution in [2.75, 3.05) is 13.1 Å². The lowest BCUT2D eigenvalue weighted by Gasteiger charge is -2.36. The highest BCUT2D eigenvalue weighted by atomic mass is 32.1. The van der Waals surface area contributed by atoms with Gasteiger partial charge in [-0.3, -0.25) is 19.7 Å². The van der Waals surface area contributed by atoms with E-state index in [2.05, 4.69) is 10.6 Å². The maximum atomic E-state index is 12.7. The molecule has 0 aliphatic carbocycles. The monoisotopic (exact) mass is 453 g/mol. The first-order chi connectivity index (χ1) is 15.4. The van der Waals surface area contributed by atoms with E-state index >= 15 is 0 Å². The van der Waals surface area contributed by atoms with Crippen molar-refractivity contribution in [3.8, 4) is 11.1 Å². The van der Waals surface area contributed by atoms with Crippen LogP contribution in [0.15, 0.2) is 54.6 Å². The third-order valence-corrected chi connectivity index (χ3v) is 5.67. The number of hydrogen-bond donors (Lipinski definition) is 2. The predicted octanol–water partition coefficient (Wildman–Crippen LogP) is 2.90. The van der Waals surface area contributed by atoms with Crippen molar-refractivity contribution < 1.29 is 19.1 Å². The van der Waals surface area contributed by atoms with Crippen LogP contribution in [0.25, 0.3) is 11.1 Å². The molecular formula is C24H27N3O4S. The van der Waals surface area contributed by atoms with E-state index in [0.717, 1.165) is 11.1 Å². The zero-order chi connectivity index (χ0) is 23.1. The summed E-state index contributed by atoms with van der Waals surface area (Å²) in [5, 5.41) is 5.53. The zero-order valence-corrected chi connectivity index (χ0v) is 19.0. The zero-order valence-electron chi connectivity index (χ0n) is 18.2. The molecule has 0 aromatic heterocycles. The number of esters is 1. The molecule has 8 heteroatoms. The van der Waals surface area contributed by atoms with Crippen molar-refractivity contribution in [2.45, 2.75) is 38.8 Å². The minimum absolute atomic E-state index is 0.110. The second-order valence-corrected chi connectivity index (χ2v) is 8.00. The highest BCUT2D eigenvalue weighted by Gasteiger charge is 2.34. The normalized spacial score (nSPS) is 16.6. The Morgan fingerprint density at radius 2 is 1.81 bits per heavy atom. The molecule has 1 fully saturated rings. The largest absolute Gasteiger partial charge is 0.463 e. The third kappa shape index (κ3) is 5.91. The molecule has 32 heavy (non-hydrogen) atoms. The fourth-order valence-corrected chi connectivity index (χ4v) is 3.67. The summed E-state index contributed by atoms with van der Waals surface area (Å²) in [6, 6.07) is 16.2. The number of benzene rings is 2. The van der Waals surface area contributed by atoms with Crippen LogP contribution in [-0.4, -0.2) is 53.0 Å². The summed E-state index contributed by atoms with van der Waals surface area (Å²) >= 11 is 5.41. The van der Waals surface area contributed by atoms with Crippen molar-refractivity contribution in [2.24, 2.45) is 0 Å². The number of rotatable bonds is 6. The molecule has 1 saturated heterocycles. The number of ether oxygens (including phenoxy) is 1. The molecule has 0 radical (unpaired) electrons. The first-order valence-corrected chi connectivity index (χ1v) is 11.0. The van der Waals surface area contributed by atoms with E-state index in [1.165, 1.54) is 0 Å². The molecule has 2 N–H and O–H groups in total. The summed E-state index contributed by atoms with van der Waals surface area (Å²) < 4.78 is 5.30. The molecule has 0 spiro atoms. The predicted molar refractivity (Wildman–Crippen MR) is 126 cm³/mol. The lowest BCUT2D eigenvalue weighted by Crippen LogP contribution is -2.60. The van der Waals surface area contributed by atoms with Gasteiger partial charge in [0.05, 0.1) is 12.5 Å². The smallest absolute Gasteiger partial charge is 0.308 e. The van der Waals surface area contributed by atoms with Crippen LogP contribution in [0.1, 0.15) is 37.0 Å². The maximum absolute atomic E-state index is 12.7. The van der Waals surface area contributed by atoms with Crippen LogP contribution in [0.4, 0.5) is 0 Å². The lowest BCUT2D eigenvalue weighted by atomic mass is 10.0. The highest BCUT2D eigenvalue weighted by Crippen LogP contribution is 2.19. The Bertz CT molecular complexity index is 978. The average Bonchev–Trinajstić information content (AvgIpc) is 2.80. The number of amides is 2. The summed E-state index contributed by atoms with van der Waals surface area (Å²) in [5.74, 6) is -1.17. The fourth-order valence-electron chi connectivity index (χ4n) is 3.36. The molecule has 1 aliphatic heterocycles. The van der Waals surface area contributed by atoms with Crippen LogP contribution in [0.3, 0.4) is 0 Å². The summed E-state index contributed by atoms with van der Waals surface area (Å²) in [7, 11) is 0. The molecule has 7 nitrogen and oxygen atoms in total. The Balaban J connectivity index is 1.65. The summed E-state index contributed by atoms with van der Waals surface area (Å²) in [5.41, 5.74) is 2.50. The van der Waals surface area contributed by atoms with E-state index in [-0.39, 0.29) is 29.5 Å². The topological polar surface area (TPSA) is 87.7 Å². The molecule has 0 bridgehead atoms. The Labute approximate surface area is 193 Å². The third-order valence-electron chi connectivity index (χ3n) is 5.33. The number of carbonyl (C=O) groups excluding carboxylic acids is 3. The Kier molecular flexibility index (Phi) is 7.94. The Hall–Kier alpha value is -3.26. The van der Waals surface area contributed by atoms with Crippen LogP contribution in [-0.2, 0) is 14.3 Å². The highest BCUT2D eigenvalue weighted by molar-refractivity contribution is 7.80. The SMILES string of the molecule is CCC(C)OC(=O)CC1C(=O)NCCN1C(=S)NC(=O)c1ccc(-c2ccccc2)cc1. The molecule has 168 valence electrons. The number of carbonyl (C=O) groups is 3. The Morgan fingerprint density at radius 1 is 1.16 bits per heavy atom. The summed E-state index contributed by atoms with van der Waals surface area (Å²) in [4.78, 5) is 38.9. The summed E-state index contributed by atoms with van der Waals surface area (Å²) in [6.07, 6.45) is 0.315. The molecule has 0 saturated carbocycles. The van der Waals surface area contributed by atoms with Gasteiger partial charge < -0.3 is 15.0 Å². The number of nitrogens with one attached hydrogen (secondary N) is 2. The van der Waals surface area contributed by atoms with Gasteiger partial charge in [0, 0.05) is 18.7 Å². The maximum Gasteiger partial charge on any atom is 0.308 e. The van der Waals surface area contributed by atoms with Crippen LogP contribution in [0.2, 0.25) is 0 Å². The van der Waals surface area contributed by atoms with Gasteiger partial charge in [-0.25, -0.2) is 0 Å². The second kappa shape index (κ2) is 10.9. The lowest BCUT2D eigenvalue weighted by molar-refractivity contribution is -0.151. The van der Waals surface area contributed by atoms with Crippen LogP contribution in [0, 0.1) is 0 Å². The van der Waals surface area contributed by atoms with Gasteiger partial charge in [-0.2, -0.15) is 0 Å². The first kappa shape index (κ1) is 23.4. The van der Waals surface area contributed by atoms with Crippen molar-refractivity contribution in [3.05, 3.63) is 60.2 Å². The van der Waals surface area contributed by atoms with E-state index in [0.29, 0.717) is 25.1 Å². The van der Waals surface area contributed by atoms with E-state index in [9.17, 15) is 14.4 Å². The second-order valence-electron chi connectivity index (χ2n) is 7.62. The molecule has 2 unspecified atom stereocenters. The van der Waals surface area contributed by atoms with Crippen molar-refractivity contribution in [1.82, 2.24) is 15.5 Å². The minimum atomic E-state index is -0.825. The standard InChI is InChI=1S/C24H27N3O4S/c1-3-16(2)31-21(28)15-20-23(30)25-13-14-27(20)24(32)26-22(29)19-11-9-18(10-12-19)17-7-5-4-6-8-17/h4-12,16,20H,3,13-15H2,1-2H3,(H,25,30)(H,26,29,32). The number of nitrogens with zero attached hydrogens (tertiary/aromatic N) is 1. The van der Waals surface area contributed by atoms with Gasteiger partial charge in [0.15, 0.2) is 5.11 Å². The van der Waals surface area contributed by atoms with Crippen molar-refractivity contribution in [3.63, 3.8) is 0 Å². The Morgan fingerprint density at radius 3 is 2.47 bits per heavy atom.